The molecule has 16 heavy (non-hydrogen) atoms. The Bertz CT molecular complexity index is 385. The van der Waals surface area contributed by atoms with Gasteiger partial charge in [0, 0.05) is 24.3 Å². The van der Waals surface area contributed by atoms with E-state index in [2.05, 4.69) is 41.6 Å². The van der Waals surface area contributed by atoms with Crippen molar-refractivity contribution in [3.05, 3.63) is 21.2 Å². The van der Waals surface area contributed by atoms with E-state index in [0.29, 0.717) is 13.0 Å². The molecule has 0 bridgehead atoms. The zero-order valence-electron chi connectivity index (χ0n) is 9.04. The number of hydrogen-bond acceptors (Lipinski definition) is 4. The molecule has 0 atom stereocenters. The minimum Gasteiger partial charge on any atom is -0.469 e. The van der Waals surface area contributed by atoms with Crippen molar-refractivity contribution in [3.63, 3.8) is 0 Å². The van der Waals surface area contributed by atoms with Crippen LogP contribution in [-0.2, 0) is 9.53 Å². The second-order valence-corrected chi connectivity index (χ2v) is 4.98. The first-order chi connectivity index (χ1) is 7.54. The van der Waals surface area contributed by atoms with Gasteiger partial charge in [0.1, 0.15) is 5.82 Å². The predicted molar refractivity (Wildman–Crippen MR) is 69.5 cm³/mol. The minimum absolute atomic E-state index is 0.222. The molecule has 0 radical (unpaired) electrons. The summed E-state index contributed by atoms with van der Waals surface area (Å²) >= 11 is 6.76. The molecule has 1 aromatic heterocycles. The summed E-state index contributed by atoms with van der Waals surface area (Å²) in [4.78, 5) is 17.2. The van der Waals surface area contributed by atoms with E-state index in [1.165, 1.54) is 7.11 Å². The molecule has 0 aliphatic rings. The maximum Gasteiger partial charge on any atom is 0.307 e. The number of hydrogen-bond donors (Lipinski definition) is 0. The molecule has 0 amide bonds. The SMILES string of the molecule is COC(=O)CCN(C)c1ncc(Br)cc1Br. The molecule has 1 heterocycles. The average Bonchev–Trinajstić information content (AvgIpc) is 2.25. The number of rotatable bonds is 4. The molecule has 4 nitrogen and oxygen atoms in total. The molecule has 0 fully saturated rings. The van der Waals surface area contributed by atoms with Crippen LogP contribution in [0.15, 0.2) is 21.2 Å². The Kier molecular flexibility index (Phi) is 5.21. The molecule has 0 aliphatic heterocycles. The average molecular weight is 352 g/mol. The van der Waals surface area contributed by atoms with E-state index < -0.39 is 0 Å². The van der Waals surface area contributed by atoms with E-state index in [9.17, 15) is 4.79 Å². The van der Waals surface area contributed by atoms with Crippen molar-refractivity contribution in [2.24, 2.45) is 0 Å². The lowest BCUT2D eigenvalue weighted by Gasteiger charge is -2.18. The highest BCUT2D eigenvalue weighted by Gasteiger charge is 2.09. The Morgan fingerprint density at radius 1 is 1.56 bits per heavy atom. The summed E-state index contributed by atoms with van der Waals surface area (Å²) in [5, 5.41) is 0. The number of nitrogens with zero attached hydrogens (tertiary/aromatic N) is 2. The lowest BCUT2D eigenvalue weighted by molar-refractivity contribution is -0.140. The fourth-order valence-corrected chi connectivity index (χ4v) is 2.45. The lowest BCUT2D eigenvalue weighted by Crippen LogP contribution is -2.22. The highest BCUT2D eigenvalue weighted by molar-refractivity contribution is 9.11. The summed E-state index contributed by atoms with van der Waals surface area (Å²) in [6.07, 6.45) is 2.06. The van der Waals surface area contributed by atoms with Crippen LogP contribution in [0.2, 0.25) is 0 Å². The Morgan fingerprint density at radius 2 is 2.25 bits per heavy atom. The quantitative estimate of drug-likeness (QED) is 0.782. The van der Waals surface area contributed by atoms with Crippen molar-refractivity contribution in [2.45, 2.75) is 6.42 Å². The van der Waals surface area contributed by atoms with Crippen molar-refractivity contribution in [1.82, 2.24) is 4.98 Å². The summed E-state index contributed by atoms with van der Waals surface area (Å²) in [6, 6.07) is 1.91. The molecule has 0 N–H and O–H groups in total. The summed E-state index contributed by atoms with van der Waals surface area (Å²) in [7, 11) is 3.26. The van der Waals surface area contributed by atoms with E-state index in [4.69, 9.17) is 0 Å². The number of carbonyl (C=O) groups is 1. The molecule has 6 heteroatoms. The molecule has 1 rings (SSSR count). The largest absolute Gasteiger partial charge is 0.469 e. The highest BCUT2D eigenvalue weighted by Crippen LogP contribution is 2.25. The van der Waals surface area contributed by atoms with Gasteiger partial charge >= 0.3 is 5.97 Å². The van der Waals surface area contributed by atoms with E-state index in [1.54, 1.807) is 6.20 Å². The number of esters is 1. The Balaban J connectivity index is 2.65. The molecule has 0 unspecified atom stereocenters. The van der Waals surface area contributed by atoms with Crippen LogP contribution in [0.25, 0.3) is 0 Å². The molecule has 0 spiro atoms. The summed E-state index contributed by atoms with van der Waals surface area (Å²) in [5.74, 6) is 0.576. The van der Waals surface area contributed by atoms with Gasteiger partial charge in [0.25, 0.3) is 0 Å². The van der Waals surface area contributed by atoms with Crippen LogP contribution in [0.1, 0.15) is 6.42 Å². The second kappa shape index (κ2) is 6.20. The number of aromatic nitrogens is 1. The standard InChI is InChI=1S/C10H12Br2N2O2/c1-14(4-3-9(15)16-2)10-8(12)5-7(11)6-13-10/h5-6H,3-4H2,1-2H3. The van der Waals surface area contributed by atoms with Gasteiger partial charge in [-0.05, 0) is 37.9 Å². The van der Waals surface area contributed by atoms with Gasteiger partial charge in [-0.3, -0.25) is 4.79 Å². The molecule has 0 saturated carbocycles. The number of ether oxygens (including phenoxy) is 1. The topological polar surface area (TPSA) is 42.4 Å². The third kappa shape index (κ3) is 3.75. The Morgan fingerprint density at radius 3 is 2.81 bits per heavy atom. The number of carbonyl (C=O) groups excluding carboxylic acids is 1. The Labute approximate surface area is 111 Å². The third-order valence-electron chi connectivity index (χ3n) is 2.03. The molecule has 0 saturated heterocycles. The van der Waals surface area contributed by atoms with Crippen LogP contribution in [0.4, 0.5) is 5.82 Å². The van der Waals surface area contributed by atoms with Crippen LogP contribution < -0.4 is 4.90 Å². The summed E-state index contributed by atoms with van der Waals surface area (Å²) in [5.41, 5.74) is 0. The molecule has 0 aromatic carbocycles. The second-order valence-electron chi connectivity index (χ2n) is 3.21. The van der Waals surface area contributed by atoms with Gasteiger partial charge in [0.15, 0.2) is 0 Å². The van der Waals surface area contributed by atoms with Crippen LogP contribution in [0.3, 0.4) is 0 Å². The molecule has 0 aliphatic carbocycles. The first-order valence-corrected chi connectivity index (χ1v) is 6.22. The maximum absolute atomic E-state index is 11.0. The van der Waals surface area contributed by atoms with Gasteiger partial charge in [-0.25, -0.2) is 4.98 Å². The van der Waals surface area contributed by atoms with Crippen LogP contribution in [0.5, 0.6) is 0 Å². The fourth-order valence-electron chi connectivity index (χ4n) is 1.16. The number of pyridine rings is 1. The van der Waals surface area contributed by atoms with Crippen molar-refractivity contribution in [3.8, 4) is 0 Å². The van der Waals surface area contributed by atoms with Gasteiger partial charge in [-0.1, -0.05) is 0 Å². The van der Waals surface area contributed by atoms with Gasteiger partial charge < -0.3 is 9.64 Å². The summed E-state index contributed by atoms with van der Waals surface area (Å²) < 4.78 is 6.37. The normalized spacial score (nSPS) is 10.0. The molecule has 1 aromatic rings. The van der Waals surface area contributed by atoms with E-state index in [-0.39, 0.29) is 5.97 Å². The lowest BCUT2D eigenvalue weighted by atomic mass is 10.3. The van der Waals surface area contributed by atoms with Gasteiger partial charge in [0.2, 0.25) is 0 Å². The molecule has 88 valence electrons. The smallest absolute Gasteiger partial charge is 0.307 e. The fraction of sp³-hybridized carbons (Fsp3) is 0.400. The van der Waals surface area contributed by atoms with Gasteiger partial charge in [-0.15, -0.1) is 0 Å². The van der Waals surface area contributed by atoms with E-state index in [1.807, 2.05) is 18.0 Å². The van der Waals surface area contributed by atoms with Crippen LogP contribution in [-0.4, -0.2) is 31.7 Å². The minimum atomic E-state index is -0.222. The van der Waals surface area contributed by atoms with E-state index >= 15 is 0 Å². The number of anilines is 1. The monoisotopic (exact) mass is 350 g/mol. The Hall–Kier alpha value is -0.620. The van der Waals surface area contributed by atoms with Gasteiger partial charge in [0.05, 0.1) is 18.0 Å². The number of halogens is 2. The first-order valence-electron chi connectivity index (χ1n) is 4.63. The van der Waals surface area contributed by atoms with E-state index in [0.717, 1.165) is 14.8 Å². The maximum atomic E-state index is 11.0. The van der Waals surface area contributed by atoms with Crippen molar-refractivity contribution in [2.75, 3.05) is 25.6 Å². The summed E-state index contributed by atoms with van der Waals surface area (Å²) in [6.45, 7) is 0.569. The van der Waals surface area contributed by atoms with Crippen LogP contribution in [0, 0.1) is 0 Å². The predicted octanol–water partition coefficient (Wildman–Crippen LogP) is 2.61. The van der Waals surface area contributed by atoms with Crippen molar-refractivity contribution in [1.29, 1.82) is 0 Å². The number of methoxy groups -OCH3 is 1. The zero-order chi connectivity index (χ0) is 12.1. The van der Waals surface area contributed by atoms with Crippen molar-refractivity contribution >= 4 is 43.6 Å². The molecular formula is C10H12Br2N2O2. The third-order valence-corrected chi connectivity index (χ3v) is 3.05. The van der Waals surface area contributed by atoms with Crippen LogP contribution >= 0.6 is 31.9 Å². The van der Waals surface area contributed by atoms with Gasteiger partial charge in [-0.2, -0.15) is 0 Å². The highest BCUT2D eigenvalue weighted by atomic mass is 79.9. The molecular weight excluding hydrogens is 340 g/mol. The zero-order valence-corrected chi connectivity index (χ0v) is 12.2. The first kappa shape index (κ1) is 13.4. The van der Waals surface area contributed by atoms with Crippen molar-refractivity contribution < 1.29 is 9.53 Å².